The minimum Gasteiger partial charge on any atom is -0.386 e. The van der Waals surface area contributed by atoms with Crippen molar-refractivity contribution in [2.75, 3.05) is 0 Å². The van der Waals surface area contributed by atoms with E-state index in [1.807, 2.05) is 36.4 Å². The van der Waals surface area contributed by atoms with Crippen LogP contribution in [0.2, 0.25) is 0 Å². The van der Waals surface area contributed by atoms with E-state index < -0.39 is 12.2 Å². The molecular weight excluding hydrogens is 298 g/mol. The highest BCUT2D eigenvalue weighted by atomic mass is 16.3. The van der Waals surface area contributed by atoms with Gasteiger partial charge in [0, 0.05) is 16.3 Å². The van der Waals surface area contributed by atoms with Crippen LogP contribution in [0.5, 0.6) is 0 Å². The monoisotopic (exact) mass is 313 g/mol. The summed E-state index contributed by atoms with van der Waals surface area (Å²) in [5.41, 5.74) is 3.41. The number of benzene rings is 3. The zero-order valence-corrected chi connectivity index (χ0v) is 12.8. The summed E-state index contributed by atoms with van der Waals surface area (Å²) in [6.07, 6.45) is 1.72. The second-order valence-electron chi connectivity index (χ2n) is 6.28. The molecule has 0 amide bonds. The lowest BCUT2D eigenvalue weighted by Gasteiger charge is -2.22. The van der Waals surface area contributed by atoms with Crippen molar-refractivity contribution in [2.24, 2.45) is 0 Å². The van der Waals surface area contributed by atoms with Crippen molar-refractivity contribution in [2.45, 2.75) is 12.2 Å². The molecule has 0 saturated heterocycles. The smallest absolute Gasteiger partial charge is 0.109 e. The van der Waals surface area contributed by atoms with Crippen molar-refractivity contribution in [3.8, 4) is 0 Å². The topological polar surface area (TPSA) is 53.4 Å². The quantitative estimate of drug-likeness (QED) is 0.381. The number of aliphatic hydroxyl groups is 2. The second kappa shape index (κ2) is 4.87. The molecule has 0 spiro atoms. The highest BCUT2D eigenvalue weighted by Crippen LogP contribution is 2.35. The summed E-state index contributed by atoms with van der Waals surface area (Å²) in [6.45, 7) is 0. The predicted molar refractivity (Wildman–Crippen MR) is 96.8 cm³/mol. The number of hydrogen-bond acceptors (Lipinski definition) is 3. The van der Waals surface area contributed by atoms with Gasteiger partial charge in [0.15, 0.2) is 0 Å². The summed E-state index contributed by atoms with van der Waals surface area (Å²) in [7, 11) is 0. The van der Waals surface area contributed by atoms with Gasteiger partial charge in [-0.2, -0.15) is 0 Å². The van der Waals surface area contributed by atoms with Gasteiger partial charge in [0.2, 0.25) is 0 Å². The summed E-state index contributed by atoms with van der Waals surface area (Å²) in [5, 5.41) is 24.6. The van der Waals surface area contributed by atoms with Crippen LogP contribution in [0.4, 0.5) is 0 Å². The van der Waals surface area contributed by atoms with Crippen LogP contribution < -0.4 is 0 Å². The summed E-state index contributed by atoms with van der Waals surface area (Å²) in [4.78, 5) is 4.86. The third kappa shape index (κ3) is 1.83. The lowest BCUT2D eigenvalue weighted by molar-refractivity contribution is 0.0471. The minimum absolute atomic E-state index is 0.727. The van der Waals surface area contributed by atoms with E-state index in [1.165, 1.54) is 10.8 Å². The maximum atomic E-state index is 10.2. The van der Waals surface area contributed by atoms with Gasteiger partial charge in [-0.3, -0.25) is 0 Å². The first-order valence-electron chi connectivity index (χ1n) is 8.02. The molecule has 0 unspecified atom stereocenters. The van der Waals surface area contributed by atoms with Crippen LogP contribution in [0, 0.1) is 0 Å². The fraction of sp³-hybridized carbons (Fsp3) is 0.0952. The van der Waals surface area contributed by atoms with Crippen LogP contribution in [0.15, 0.2) is 60.7 Å². The summed E-state index contributed by atoms with van der Waals surface area (Å²) in [6, 6.07) is 18.4. The predicted octanol–water partition coefficient (Wildman–Crippen LogP) is 3.96. The van der Waals surface area contributed by atoms with E-state index >= 15 is 0 Å². The Bertz CT molecular complexity index is 1150. The zero-order chi connectivity index (χ0) is 16.3. The van der Waals surface area contributed by atoms with E-state index in [9.17, 15) is 10.2 Å². The van der Waals surface area contributed by atoms with Crippen LogP contribution in [-0.2, 0) is 0 Å². The van der Waals surface area contributed by atoms with Gasteiger partial charge in [-0.1, -0.05) is 54.6 Å². The van der Waals surface area contributed by atoms with Gasteiger partial charge < -0.3 is 10.2 Å². The molecule has 1 heterocycles. The molecule has 5 rings (SSSR count). The van der Waals surface area contributed by atoms with E-state index in [1.54, 1.807) is 6.08 Å². The van der Waals surface area contributed by atoms with Crippen LogP contribution in [0.1, 0.15) is 17.2 Å². The Kier molecular flexibility index (Phi) is 2.77. The molecule has 2 atom stereocenters. The van der Waals surface area contributed by atoms with E-state index in [0.717, 1.165) is 32.9 Å². The highest BCUT2D eigenvalue weighted by Gasteiger charge is 2.24. The third-order valence-electron chi connectivity index (χ3n) is 4.86. The number of aromatic nitrogens is 1. The van der Waals surface area contributed by atoms with E-state index in [2.05, 4.69) is 24.3 Å². The maximum Gasteiger partial charge on any atom is 0.109 e. The molecule has 1 aliphatic carbocycles. The maximum absolute atomic E-state index is 10.2. The number of hydrogen-bond donors (Lipinski definition) is 2. The molecule has 24 heavy (non-hydrogen) atoms. The van der Waals surface area contributed by atoms with E-state index in [4.69, 9.17) is 4.98 Å². The van der Waals surface area contributed by atoms with Gasteiger partial charge in [0.05, 0.1) is 11.0 Å². The van der Waals surface area contributed by atoms with Crippen LogP contribution in [0.25, 0.3) is 38.7 Å². The largest absolute Gasteiger partial charge is 0.386 e. The fourth-order valence-corrected chi connectivity index (χ4v) is 3.61. The van der Waals surface area contributed by atoms with Gasteiger partial charge in [-0.15, -0.1) is 0 Å². The Labute approximate surface area is 138 Å². The third-order valence-corrected chi connectivity index (χ3v) is 4.86. The first kappa shape index (κ1) is 13.7. The number of fused-ring (bicyclic) bond motifs is 6. The molecule has 0 fully saturated rings. The number of rotatable bonds is 0. The molecule has 3 heteroatoms. The molecular formula is C21H15NO2. The van der Waals surface area contributed by atoms with E-state index in [0.29, 0.717) is 0 Å². The van der Waals surface area contributed by atoms with Crippen LogP contribution >= 0.6 is 0 Å². The number of nitrogens with zero attached hydrogens (tertiary/aromatic N) is 1. The summed E-state index contributed by atoms with van der Waals surface area (Å²) in [5.74, 6) is 0. The summed E-state index contributed by atoms with van der Waals surface area (Å²) < 4.78 is 0. The molecule has 2 N–H and O–H groups in total. The molecule has 0 aliphatic heterocycles. The zero-order valence-electron chi connectivity index (χ0n) is 12.8. The molecule has 0 radical (unpaired) electrons. The number of pyridine rings is 1. The van der Waals surface area contributed by atoms with Gasteiger partial charge in [-0.05, 0) is 28.5 Å². The van der Waals surface area contributed by atoms with Gasteiger partial charge >= 0.3 is 0 Å². The molecule has 116 valence electrons. The molecule has 1 aliphatic rings. The number of aliphatic hydroxyl groups excluding tert-OH is 2. The van der Waals surface area contributed by atoms with Gasteiger partial charge in [0.1, 0.15) is 12.2 Å². The summed E-state index contributed by atoms with van der Waals surface area (Å²) >= 11 is 0. The van der Waals surface area contributed by atoms with Crippen molar-refractivity contribution in [1.82, 2.24) is 4.98 Å². The Morgan fingerprint density at radius 3 is 2.58 bits per heavy atom. The fourth-order valence-electron chi connectivity index (χ4n) is 3.61. The molecule has 3 nitrogen and oxygen atoms in total. The Morgan fingerprint density at radius 2 is 1.67 bits per heavy atom. The van der Waals surface area contributed by atoms with Gasteiger partial charge in [0.25, 0.3) is 0 Å². The lowest BCUT2D eigenvalue weighted by Crippen LogP contribution is -2.19. The minimum atomic E-state index is -0.900. The highest BCUT2D eigenvalue weighted by molar-refractivity contribution is 6.10. The first-order chi connectivity index (χ1) is 11.7. The van der Waals surface area contributed by atoms with Crippen molar-refractivity contribution >= 4 is 38.7 Å². The second-order valence-corrected chi connectivity index (χ2v) is 6.28. The standard InChI is InChI=1S/C21H15NO2/c23-19-10-8-15-16(21(19)24)7-5-13-11-17-14-4-2-1-3-12(14)6-9-18(17)22-20(13)15/h1-11,19,21,23-24H/t19-,21-/m0/s1. The average Bonchev–Trinajstić information content (AvgIpc) is 2.63. The van der Waals surface area contributed by atoms with Crippen molar-refractivity contribution in [1.29, 1.82) is 0 Å². The van der Waals surface area contributed by atoms with Crippen molar-refractivity contribution in [3.05, 3.63) is 71.8 Å². The molecule has 1 aromatic heterocycles. The SMILES string of the molecule is O[C@H]1C=Cc2c(ccc3cc4c(ccc5ccccc54)nc23)[C@@H]1O. The average molecular weight is 313 g/mol. The lowest BCUT2D eigenvalue weighted by atomic mass is 9.90. The first-order valence-corrected chi connectivity index (χ1v) is 8.02. The molecule has 0 bridgehead atoms. The van der Waals surface area contributed by atoms with Crippen LogP contribution in [-0.4, -0.2) is 21.3 Å². The van der Waals surface area contributed by atoms with Crippen molar-refractivity contribution < 1.29 is 10.2 Å². The Balaban J connectivity index is 1.89. The van der Waals surface area contributed by atoms with Gasteiger partial charge in [-0.25, -0.2) is 4.98 Å². The molecule has 3 aromatic carbocycles. The normalized spacial score (nSPS) is 19.9. The Morgan fingerprint density at radius 1 is 0.833 bits per heavy atom. The molecule has 4 aromatic rings. The van der Waals surface area contributed by atoms with E-state index in [-0.39, 0.29) is 0 Å². The molecule has 0 saturated carbocycles. The van der Waals surface area contributed by atoms with Crippen molar-refractivity contribution in [3.63, 3.8) is 0 Å². The Hall–Kier alpha value is -2.75. The van der Waals surface area contributed by atoms with Crippen LogP contribution in [0.3, 0.4) is 0 Å².